The summed E-state index contributed by atoms with van der Waals surface area (Å²) in [6, 6.07) is 0. The van der Waals surface area contributed by atoms with Gasteiger partial charge in [-0.1, -0.05) is 118 Å². The van der Waals surface area contributed by atoms with Gasteiger partial charge in [-0.25, -0.2) is 0 Å². The first kappa shape index (κ1) is 40.5. The lowest BCUT2D eigenvalue weighted by Crippen LogP contribution is -2.53. The maximum absolute atomic E-state index is 2.74. The summed E-state index contributed by atoms with van der Waals surface area (Å²) in [5.74, 6) is 6.19. The SMILES string of the molecule is CC.CC.CC(C)=CCCC[C@@H](C)C1CCC2C3CCC4CCCCC4(C)C3CCC21C.CC=C(C)C.CCCC. The number of hydrogen-bond donors (Lipinski definition) is 0. The molecule has 4 aliphatic carbocycles. The van der Waals surface area contributed by atoms with Crippen LogP contribution >= 0.6 is 0 Å². The van der Waals surface area contributed by atoms with Crippen LogP contribution in [0.4, 0.5) is 0 Å². The van der Waals surface area contributed by atoms with Crippen LogP contribution < -0.4 is 0 Å². The molecule has 0 bridgehead atoms. The van der Waals surface area contributed by atoms with Crippen LogP contribution in [-0.2, 0) is 0 Å². The van der Waals surface area contributed by atoms with E-state index in [2.05, 4.69) is 74.5 Å². The predicted molar refractivity (Wildman–Crippen MR) is 191 cm³/mol. The van der Waals surface area contributed by atoms with Crippen molar-refractivity contribution in [3.8, 4) is 0 Å². The van der Waals surface area contributed by atoms with Gasteiger partial charge < -0.3 is 0 Å². The van der Waals surface area contributed by atoms with Crippen molar-refractivity contribution in [1.82, 2.24) is 0 Å². The number of hydrogen-bond acceptors (Lipinski definition) is 0. The second-order valence-electron chi connectivity index (χ2n) is 14.7. The first-order valence-corrected chi connectivity index (χ1v) is 18.8. The molecule has 244 valence electrons. The summed E-state index contributed by atoms with van der Waals surface area (Å²) in [6.07, 6.45) is 26.8. The second-order valence-corrected chi connectivity index (χ2v) is 14.7. The Labute approximate surface area is 262 Å². The van der Waals surface area contributed by atoms with Gasteiger partial charge in [-0.2, -0.15) is 0 Å². The van der Waals surface area contributed by atoms with Crippen LogP contribution in [0.2, 0.25) is 0 Å². The van der Waals surface area contributed by atoms with Crippen LogP contribution in [-0.4, -0.2) is 0 Å². The lowest BCUT2D eigenvalue weighted by atomic mass is 9.44. The summed E-state index contributed by atoms with van der Waals surface area (Å²) < 4.78 is 0. The van der Waals surface area contributed by atoms with Gasteiger partial charge in [0, 0.05) is 0 Å². The zero-order chi connectivity index (χ0) is 31.6. The van der Waals surface area contributed by atoms with Gasteiger partial charge in [0.05, 0.1) is 0 Å². The van der Waals surface area contributed by atoms with Gasteiger partial charge in [0.15, 0.2) is 0 Å². The zero-order valence-corrected chi connectivity index (χ0v) is 31.2. The molecule has 0 amide bonds. The van der Waals surface area contributed by atoms with E-state index in [0.29, 0.717) is 10.8 Å². The molecule has 0 aliphatic heterocycles. The minimum Gasteiger partial charge on any atom is -0.0890 e. The van der Waals surface area contributed by atoms with E-state index in [9.17, 15) is 0 Å². The Morgan fingerprint density at radius 2 is 1.32 bits per heavy atom. The average Bonchev–Trinajstić information content (AvgIpc) is 3.34. The molecule has 0 aromatic carbocycles. The van der Waals surface area contributed by atoms with E-state index in [1.807, 2.05) is 34.6 Å². The van der Waals surface area contributed by atoms with Gasteiger partial charge in [-0.3, -0.25) is 0 Å². The summed E-state index contributed by atoms with van der Waals surface area (Å²) in [5, 5.41) is 0. The van der Waals surface area contributed by atoms with Crippen LogP contribution in [0.15, 0.2) is 23.3 Å². The summed E-state index contributed by atoms with van der Waals surface area (Å²) in [7, 11) is 0. The molecule has 0 spiro atoms. The maximum atomic E-state index is 2.74. The Hall–Kier alpha value is -0.520. The fourth-order valence-corrected chi connectivity index (χ4v) is 9.30. The van der Waals surface area contributed by atoms with Crippen molar-refractivity contribution in [2.24, 2.45) is 46.3 Å². The molecule has 0 aromatic heterocycles. The monoisotopic (exact) mass is 573 g/mol. The third-order valence-electron chi connectivity index (χ3n) is 11.8. The van der Waals surface area contributed by atoms with Crippen molar-refractivity contribution in [2.45, 2.75) is 193 Å². The molecule has 0 nitrogen and oxygen atoms in total. The van der Waals surface area contributed by atoms with Crippen molar-refractivity contribution in [3.05, 3.63) is 23.3 Å². The summed E-state index contributed by atoms with van der Waals surface area (Å²) in [6.45, 7) is 31.1. The van der Waals surface area contributed by atoms with Gasteiger partial charge in [0.1, 0.15) is 0 Å². The fourth-order valence-electron chi connectivity index (χ4n) is 9.30. The quantitative estimate of drug-likeness (QED) is 0.219. The number of allylic oxidation sites excluding steroid dienone is 4. The van der Waals surface area contributed by atoms with E-state index in [1.54, 1.807) is 44.9 Å². The fraction of sp³-hybridized carbons (Fsp3) is 0.902. The second kappa shape index (κ2) is 21.2. The minimum absolute atomic E-state index is 0.662. The van der Waals surface area contributed by atoms with Gasteiger partial charge in [-0.05, 0) is 145 Å². The topological polar surface area (TPSA) is 0 Å². The molecule has 0 saturated heterocycles. The first-order chi connectivity index (χ1) is 19.5. The molecule has 4 fully saturated rings. The standard InChI is InChI=1S/C28H48.C5H10.C4H10.2C2H6/c1-20(2)10-6-7-11-21(3)24-15-16-25-23-14-13-22-12-8-9-18-27(22,4)26(23)17-19-28(24,25)5;1-4-5(2)3;1-3-4-2;2*1-2/h10,21-26H,6-9,11-19H2,1-5H3;4H,1-3H3;3-4H2,1-2H3;2*1-2H3/t21-,22?,23?,24?,25?,26?,27?,28?;;;;/m1..../s1. The minimum atomic E-state index is 0.662. The van der Waals surface area contributed by atoms with Gasteiger partial charge in [-0.15, -0.1) is 0 Å². The van der Waals surface area contributed by atoms with E-state index < -0.39 is 0 Å². The average molecular weight is 573 g/mol. The molecule has 4 rings (SSSR count). The number of fused-ring (bicyclic) bond motifs is 5. The predicted octanol–water partition coefficient (Wildman–Crippen LogP) is 14.6. The number of unbranched alkanes of at least 4 members (excludes halogenated alkanes) is 2. The lowest BCUT2D eigenvalue weighted by Gasteiger charge is -2.61. The van der Waals surface area contributed by atoms with E-state index in [0.717, 1.165) is 35.5 Å². The highest BCUT2D eigenvalue weighted by Crippen LogP contribution is 2.68. The van der Waals surface area contributed by atoms with E-state index in [-0.39, 0.29) is 0 Å². The summed E-state index contributed by atoms with van der Waals surface area (Å²) >= 11 is 0. The largest absolute Gasteiger partial charge is 0.0890 e. The van der Waals surface area contributed by atoms with Crippen molar-refractivity contribution in [2.75, 3.05) is 0 Å². The molecule has 0 radical (unpaired) electrons. The highest BCUT2D eigenvalue weighted by molar-refractivity contribution is 5.09. The maximum Gasteiger partial charge on any atom is -0.0264 e. The Kier molecular flexibility index (Phi) is 21.0. The summed E-state index contributed by atoms with van der Waals surface area (Å²) in [4.78, 5) is 0. The normalized spacial score (nSPS) is 33.5. The molecule has 7 unspecified atom stereocenters. The smallest absolute Gasteiger partial charge is 0.0264 e. The molecule has 41 heavy (non-hydrogen) atoms. The zero-order valence-electron chi connectivity index (χ0n) is 31.2. The van der Waals surface area contributed by atoms with Crippen molar-refractivity contribution in [3.63, 3.8) is 0 Å². The molecule has 8 atom stereocenters. The van der Waals surface area contributed by atoms with Crippen LogP contribution in [0.5, 0.6) is 0 Å². The third-order valence-corrected chi connectivity index (χ3v) is 11.8. The van der Waals surface area contributed by atoms with Crippen LogP contribution in [0.25, 0.3) is 0 Å². The first-order valence-electron chi connectivity index (χ1n) is 18.8. The van der Waals surface area contributed by atoms with Crippen molar-refractivity contribution >= 4 is 0 Å². The van der Waals surface area contributed by atoms with E-state index in [1.165, 1.54) is 62.5 Å². The van der Waals surface area contributed by atoms with Crippen LogP contribution in [0, 0.1) is 46.3 Å². The molecule has 4 aliphatic rings. The van der Waals surface area contributed by atoms with Gasteiger partial charge in [0.25, 0.3) is 0 Å². The highest BCUT2D eigenvalue weighted by atomic mass is 14.6. The molecular weight excluding hydrogens is 492 g/mol. The van der Waals surface area contributed by atoms with Gasteiger partial charge in [0.2, 0.25) is 0 Å². The third kappa shape index (κ3) is 11.5. The van der Waals surface area contributed by atoms with Crippen LogP contribution in [0.3, 0.4) is 0 Å². The van der Waals surface area contributed by atoms with Crippen molar-refractivity contribution < 1.29 is 0 Å². The molecule has 0 aromatic rings. The Bertz CT molecular complexity index is 702. The Morgan fingerprint density at radius 3 is 1.85 bits per heavy atom. The number of rotatable bonds is 6. The Morgan fingerprint density at radius 1 is 0.732 bits per heavy atom. The van der Waals surface area contributed by atoms with E-state index >= 15 is 0 Å². The van der Waals surface area contributed by atoms with Crippen molar-refractivity contribution in [1.29, 1.82) is 0 Å². The Balaban J connectivity index is 0.00000105. The molecule has 0 heteroatoms. The molecule has 0 heterocycles. The lowest BCUT2D eigenvalue weighted by molar-refractivity contribution is -0.114. The highest BCUT2D eigenvalue weighted by Gasteiger charge is 2.59. The van der Waals surface area contributed by atoms with Crippen LogP contribution in [0.1, 0.15) is 193 Å². The van der Waals surface area contributed by atoms with Gasteiger partial charge >= 0.3 is 0 Å². The molecular formula is C41H80. The molecule has 0 N–H and O–H groups in total. The summed E-state index contributed by atoms with van der Waals surface area (Å²) in [5.41, 5.74) is 4.24. The molecule has 4 saturated carbocycles. The van der Waals surface area contributed by atoms with E-state index in [4.69, 9.17) is 0 Å².